The van der Waals surface area contributed by atoms with Crippen molar-refractivity contribution in [2.45, 2.75) is 49.8 Å². The number of nitrogens with two attached hydrogens (primary N) is 1. The van der Waals surface area contributed by atoms with Crippen LogP contribution in [0.25, 0.3) is 11.4 Å². The second-order valence-electron chi connectivity index (χ2n) is 11.7. The molecule has 0 bridgehead atoms. The van der Waals surface area contributed by atoms with Crippen LogP contribution in [0.2, 0.25) is 0 Å². The lowest BCUT2D eigenvalue weighted by Crippen LogP contribution is -2.49. The largest absolute Gasteiger partial charge is 0.380 e. The highest BCUT2D eigenvalue weighted by Gasteiger charge is 2.38. The molecule has 0 saturated heterocycles. The van der Waals surface area contributed by atoms with Gasteiger partial charge in [0.2, 0.25) is 0 Å². The molecule has 1 fully saturated rings. The fraction of sp³-hybridized carbons (Fsp3) is 0.312. The number of halogens is 2. The highest BCUT2D eigenvalue weighted by Crippen LogP contribution is 2.30. The van der Waals surface area contributed by atoms with E-state index >= 15 is 0 Å². The lowest BCUT2D eigenvalue weighted by molar-refractivity contribution is 0.122. The summed E-state index contributed by atoms with van der Waals surface area (Å²) in [5.41, 5.74) is 10.4. The van der Waals surface area contributed by atoms with E-state index in [0.29, 0.717) is 47.5 Å². The normalized spacial score (nSPS) is 17.9. The Morgan fingerprint density at radius 2 is 1.87 bits per heavy atom. The van der Waals surface area contributed by atoms with Crippen LogP contribution in [0.5, 0.6) is 0 Å². The van der Waals surface area contributed by atoms with Gasteiger partial charge in [-0.3, -0.25) is 4.68 Å². The van der Waals surface area contributed by atoms with Gasteiger partial charge in [0.1, 0.15) is 6.54 Å². The van der Waals surface area contributed by atoms with Gasteiger partial charge in [-0.25, -0.2) is 27.2 Å². The summed E-state index contributed by atoms with van der Waals surface area (Å²) in [6, 6.07) is 9.93. The molecule has 244 valence electrons. The van der Waals surface area contributed by atoms with E-state index < -0.39 is 33.9 Å². The molecule has 1 unspecified atom stereocenters. The molecule has 0 radical (unpaired) electrons. The van der Waals surface area contributed by atoms with Gasteiger partial charge in [0, 0.05) is 31.7 Å². The molecule has 0 amide bonds. The minimum atomic E-state index is -3.54. The van der Waals surface area contributed by atoms with Gasteiger partial charge < -0.3 is 21.3 Å². The number of benzene rings is 1. The van der Waals surface area contributed by atoms with Crippen molar-refractivity contribution in [1.29, 1.82) is 0 Å². The Kier molecular flexibility index (Phi) is 8.91. The van der Waals surface area contributed by atoms with Crippen molar-refractivity contribution >= 4 is 10.0 Å². The first kappa shape index (κ1) is 32.0. The maximum atomic E-state index is 12.8. The molecular weight excluding hydrogens is 626 g/mol. The molecule has 4 N–H and O–H groups in total. The Morgan fingerprint density at radius 3 is 2.60 bits per heavy atom. The monoisotopic (exact) mass is 660 g/mol. The zero-order valence-corrected chi connectivity index (χ0v) is 26.6. The van der Waals surface area contributed by atoms with Crippen LogP contribution in [0.15, 0.2) is 84.9 Å². The maximum Gasteiger partial charge on any atom is 0.257 e. The number of dihydropyridines is 1. The fourth-order valence-electron chi connectivity index (χ4n) is 4.95. The topological polar surface area (TPSA) is 149 Å². The number of hydrogen-bond acceptors (Lipinski definition) is 10. The van der Waals surface area contributed by atoms with Crippen LogP contribution < -0.4 is 16.4 Å². The quantitative estimate of drug-likeness (QED) is 0.205. The highest BCUT2D eigenvalue weighted by atomic mass is 32.2. The van der Waals surface area contributed by atoms with Crippen LogP contribution in [0.3, 0.4) is 0 Å². The first-order valence-electron chi connectivity index (χ1n) is 14.9. The maximum absolute atomic E-state index is 12.8. The molecule has 12 nitrogen and oxygen atoms in total. The number of rotatable bonds is 11. The Hall–Kier alpha value is -4.91. The van der Waals surface area contributed by atoms with E-state index in [1.807, 2.05) is 14.1 Å². The van der Waals surface area contributed by atoms with E-state index in [2.05, 4.69) is 71.8 Å². The number of aromatic nitrogens is 6. The zero-order chi connectivity index (χ0) is 33.2. The molecule has 47 heavy (non-hydrogen) atoms. The molecule has 15 heteroatoms. The minimum absolute atomic E-state index is 0.266. The average Bonchev–Trinajstić information content (AvgIpc) is 3.62. The van der Waals surface area contributed by atoms with E-state index in [4.69, 9.17) is 5.73 Å². The predicted molar refractivity (Wildman–Crippen MR) is 172 cm³/mol. The molecular formula is C32H34F2N10O2S. The van der Waals surface area contributed by atoms with E-state index in [0.717, 1.165) is 20.9 Å². The van der Waals surface area contributed by atoms with Gasteiger partial charge in [-0.2, -0.15) is 14.3 Å². The van der Waals surface area contributed by atoms with Gasteiger partial charge in [0.05, 0.1) is 51.9 Å². The van der Waals surface area contributed by atoms with Crippen molar-refractivity contribution in [3.63, 3.8) is 0 Å². The van der Waals surface area contributed by atoms with E-state index in [1.54, 1.807) is 24.5 Å². The van der Waals surface area contributed by atoms with Crippen molar-refractivity contribution in [2.75, 3.05) is 14.1 Å². The lowest BCUT2D eigenvalue weighted by atomic mass is 9.98. The molecule has 6 rings (SSSR count). The third-order valence-electron chi connectivity index (χ3n) is 7.53. The van der Waals surface area contributed by atoms with E-state index in [-0.39, 0.29) is 5.82 Å². The molecule has 1 atom stereocenters. The standard InChI is InChI=1S/C32H34F2N10O2S/c1-42(2)18-23-5-3-22(4-6-23)14-37-28-13-32(35,38-16-25(28)8-7-24-15-39-43(19-24)21-30(33)34)29-11-12-36-31(41-29)26-17-40-44(20-26)47(45,46)27-9-10-27/h3-6,11-13,15-17,19-20,27,30,37-38H,9-10,14,18,21,35H2,1-2H3. The van der Waals surface area contributed by atoms with Crippen molar-refractivity contribution in [3.8, 4) is 23.2 Å². The number of alkyl halides is 2. The number of allylic oxidation sites excluding steroid dienone is 1. The molecule has 4 aromatic rings. The summed E-state index contributed by atoms with van der Waals surface area (Å²) >= 11 is 0. The second-order valence-corrected chi connectivity index (χ2v) is 13.8. The summed E-state index contributed by atoms with van der Waals surface area (Å²) in [5, 5.41) is 14.2. The Labute approximate surface area is 271 Å². The van der Waals surface area contributed by atoms with Crippen LogP contribution in [0, 0.1) is 11.8 Å². The summed E-state index contributed by atoms with van der Waals surface area (Å²) in [6.07, 6.45) is 9.44. The van der Waals surface area contributed by atoms with Crippen LogP contribution >= 0.6 is 0 Å². The van der Waals surface area contributed by atoms with Gasteiger partial charge >= 0.3 is 0 Å². The van der Waals surface area contributed by atoms with E-state index in [9.17, 15) is 17.2 Å². The smallest absolute Gasteiger partial charge is 0.257 e. The summed E-state index contributed by atoms with van der Waals surface area (Å²) < 4.78 is 53.0. The molecule has 1 aromatic carbocycles. The zero-order valence-electron chi connectivity index (χ0n) is 25.8. The predicted octanol–water partition coefficient (Wildman–Crippen LogP) is 2.53. The van der Waals surface area contributed by atoms with E-state index in [1.165, 1.54) is 30.4 Å². The van der Waals surface area contributed by atoms with Crippen molar-refractivity contribution in [2.24, 2.45) is 5.73 Å². The number of nitrogens with zero attached hydrogens (tertiary/aromatic N) is 7. The Morgan fingerprint density at radius 1 is 1.11 bits per heavy atom. The van der Waals surface area contributed by atoms with Gasteiger partial charge in [-0.1, -0.05) is 36.1 Å². The third-order valence-corrected chi connectivity index (χ3v) is 9.56. The third kappa shape index (κ3) is 7.57. The first-order chi connectivity index (χ1) is 22.5. The summed E-state index contributed by atoms with van der Waals surface area (Å²) in [7, 11) is 0.494. The fourth-order valence-corrected chi connectivity index (χ4v) is 6.43. The Bertz CT molecular complexity index is 1990. The van der Waals surface area contributed by atoms with Gasteiger partial charge in [-0.05, 0) is 50.2 Å². The SMILES string of the molecule is CN(C)Cc1ccc(CNC2=CC(N)(c3ccnc(-c4cnn(S(=O)(=O)C5CC5)c4)n3)NC=C2C#Cc2cnn(CC(F)F)c2)cc1. The van der Waals surface area contributed by atoms with Crippen LogP contribution in [-0.2, 0) is 35.3 Å². The number of hydrogen-bond donors (Lipinski definition) is 3. The molecule has 0 spiro atoms. The molecule has 4 heterocycles. The molecule has 1 aliphatic carbocycles. The van der Waals surface area contributed by atoms with Gasteiger partial charge in [0.25, 0.3) is 16.4 Å². The van der Waals surface area contributed by atoms with Crippen LogP contribution in [0.4, 0.5) is 8.78 Å². The van der Waals surface area contributed by atoms with Crippen molar-refractivity contribution in [1.82, 2.24) is 44.5 Å². The highest BCUT2D eigenvalue weighted by molar-refractivity contribution is 7.90. The number of nitrogens with one attached hydrogen (secondary N) is 2. The minimum Gasteiger partial charge on any atom is -0.380 e. The van der Waals surface area contributed by atoms with Crippen LogP contribution in [-0.4, -0.2) is 68.0 Å². The first-order valence-corrected chi connectivity index (χ1v) is 16.4. The second kappa shape index (κ2) is 13.1. The summed E-state index contributed by atoms with van der Waals surface area (Å²) in [5.74, 6) is 6.35. The van der Waals surface area contributed by atoms with Crippen LogP contribution in [0.1, 0.15) is 35.2 Å². The van der Waals surface area contributed by atoms with Crippen molar-refractivity contribution < 1.29 is 17.2 Å². The summed E-state index contributed by atoms with van der Waals surface area (Å²) in [4.78, 5) is 11.1. The average molecular weight is 661 g/mol. The Balaban J connectivity index is 1.27. The van der Waals surface area contributed by atoms with Gasteiger partial charge in [0.15, 0.2) is 11.5 Å². The molecule has 1 aliphatic heterocycles. The molecule has 3 aromatic heterocycles. The van der Waals surface area contributed by atoms with Gasteiger partial charge in [-0.15, -0.1) is 0 Å². The molecule has 2 aliphatic rings. The molecule has 1 saturated carbocycles. The summed E-state index contributed by atoms with van der Waals surface area (Å²) in [6.45, 7) is 0.785. The van der Waals surface area contributed by atoms with Crippen molar-refractivity contribution in [3.05, 3.63) is 107 Å². The lowest BCUT2D eigenvalue weighted by Gasteiger charge is -2.31.